The predicted molar refractivity (Wildman–Crippen MR) is 91.1 cm³/mol. The van der Waals surface area contributed by atoms with Crippen molar-refractivity contribution < 1.29 is 23.8 Å². The molecule has 0 spiro atoms. The average Bonchev–Trinajstić information content (AvgIpc) is 3.10. The van der Waals surface area contributed by atoms with Crippen molar-refractivity contribution in [1.82, 2.24) is 4.90 Å². The maximum absolute atomic E-state index is 12.8. The molecule has 1 amide bonds. The van der Waals surface area contributed by atoms with Gasteiger partial charge in [-0.1, -0.05) is 15.9 Å². The van der Waals surface area contributed by atoms with Crippen LogP contribution in [0.15, 0.2) is 27.1 Å². The van der Waals surface area contributed by atoms with Crippen LogP contribution in [0.2, 0.25) is 0 Å². The first-order valence-corrected chi connectivity index (χ1v) is 8.43. The number of carboxylic acid groups (broad SMARTS) is 1. The fraction of sp³-hybridized carbons (Fsp3) is 0.412. The lowest BCUT2D eigenvalue weighted by molar-refractivity contribution is -0.138. The van der Waals surface area contributed by atoms with E-state index in [0.29, 0.717) is 18.5 Å². The third-order valence-corrected chi connectivity index (χ3v) is 4.82. The Morgan fingerprint density at radius 2 is 2.17 bits per heavy atom. The topological polar surface area (TPSA) is 80.0 Å². The Kier molecular flexibility index (Phi) is 4.64. The predicted octanol–water partition coefficient (Wildman–Crippen LogP) is 3.21. The first kappa shape index (κ1) is 17.0. The maximum Gasteiger partial charge on any atom is 0.305 e. The minimum atomic E-state index is -0.932. The van der Waals surface area contributed by atoms with Gasteiger partial charge in [-0.25, -0.2) is 0 Å². The lowest BCUT2D eigenvalue weighted by Gasteiger charge is -2.21. The molecule has 7 heteroatoms. The van der Waals surface area contributed by atoms with Crippen molar-refractivity contribution in [3.05, 3.63) is 34.0 Å². The van der Waals surface area contributed by atoms with Gasteiger partial charge in [0.1, 0.15) is 5.58 Å². The number of aryl methyl sites for hydroxylation is 1. The van der Waals surface area contributed by atoms with Gasteiger partial charge in [-0.2, -0.15) is 0 Å². The minimum absolute atomic E-state index is 0.101. The lowest BCUT2D eigenvalue weighted by atomic mass is 10.1. The summed E-state index contributed by atoms with van der Waals surface area (Å²) in [5.41, 5.74) is 1.59. The van der Waals surface area contributed by atoms with Gasteiger partial charge in [0.15, 0.2) is 5.76 Å². The Bertz CT molecular complexity index is 800. The molecule has 3 rings (SSSR count). The molecule has 1 aliphatic rings. The SMILES string of the molecule is COC1CC(CC(=O)O)N(C(=O)c2cc3cc(Br)cc(C)c3o2)C1. The molecule has 128 valence electrons. The number of rotatable bonds is 4. The molecule has 1 aliphatic heterocycles. The van der Waals surface area contributed by atoms with E-state index in [1.54, 1.807) is 18.1 Å². The van der Waals surface area contributed by atoms with Gasteiger partial charge in [0.05, 0.1) is 12.5 Å². The van der Waals surface area contributed by atoms with E-state index in [-0.39, 0.29) is 30.2 Å². The number of halogens is 1. The molecular weight excluding hydrogens is 378 g/mol. The first-order chi connectivity index (χ1) is 11.4. The summed E-state index contributed by atoms with van der Waals surface area (Å²) >= 11 is 3.43. The second-order valence-corrected chi connectivity index (χ2v) is 6.97. The molecule has 6 nitrogen and oxygen atoms in total. The molecule has 1 aromatic carbocycles. The zero-order valence-corrected chi connectivity index (χ0v) is 15.0. The summed E-state index contributed by atoms with van der Waals surface area (Å²) < 4.78 is 12.0. The zero-order valence-electron chi connectivity index (χ0n) is 13.4. The number of aliphatic carboxylic acids is 1. The molecule has 2 atom stereocenters. The molecule has 0 radical (unpaired) electrons. The molecule has 1 saturated heterocycles. The van der Waals surface area contributed by atoms with Crippen LogP contribution in [0.4, 0.5) is 0 Å². The number of ether oxygens (including phenoxy) is 1. The number of hydrogen-bond donors (Lipinski definition) is 1. The van der Waals surface area contributed by atoms with E-state index < -0.39 is 5.97 Å². The molecule has 0 bridgehead atoms. The minimum Gasteiger partial charge on any atom is -0.481 e. The second kappa shape index (κ2) is 6.57. The van der Waals surface area contributed by atoms with Crippen LogP contribution in [0.25, 0.3) is 11.0 Å². The van der Waals surface area contributed by atoms with Crippen molar-refractivity contribution in [2.24, 2.45) is 0 Å². The molecule has 1 N–H and O–H groups in total. The number of amides is 1. The van der Waals surface area contributed by atoms with E-state index in [9.17, 15) is 9.59 Å². The van der Waals surface area contributed by atoms with Gasteiger partial charge in [-0.05, 0) is 37.1 Å². The fourth-order valence-electron chi connectivity index (χ4n) is 3.22. The summed E-state index contributed by atoms with van der Waals surface area (Å²) in [5.74, 6) is -1.01. The number of carbonyl (C=O) groups excluding carboxylic acids is 1. The van der Waals surface area contributed by atoms with Crippen LogP contribution in [-0.2, 0) is 9.53 Å². The Balaban J connectivity index is 1.92. The van der Waals surface area contributed by atoms with Gasteiger partial charge in [0.2, 0.25) is 0 Å². The van der Waals surface area contributed by atoms with Gasteiger partial charge in [-0.15, -0.1) is 0 Å². The number of benzene rings is 1. The summed E-state index contributed by atoms with van der Waals surface area (Å²) in [7, 11) is 1.57. The van der Waals surface area contributed by atoms with Crippen molar-refractivity contribution in [2.75, 3.05) is 13.7 Å². The van der Waals surface area contributed by atoms with Crippen LogP contribution < -0.4 is 0 Å². The highest BCUT2D eigenvalue weighted by molar-refractivity contribution is 9.10. The van der Waals surface area contributed by atoms with Crippen LogP contribution in [0.5, 0.6) is 0 Å². The number of fused-ring (bicyclic) bond motifs is 1. The van der Waals surface area contributed by atoms with Crippen molar-refractivity contribution in [1.29, 1.82) is 0 Å². The highest BCUT2D eigenvalue weighted by Crippen LogP contribution is 2.30. The average molecular weight is 396 g/mol. The Labute approximate surface area is 147 Å². The number of furan rings is 1. The third kappa shape index (κ3) is 3.18. The quantitative estimate of drug-likeness (QED) is 0.859. The smallest absolute Gasteiger partial charge is 0.305 e. The van der Waals surface area contributed by atoms with E-state index >= 15 is 0 Å². The highest BCUT2D eigenvalue weighted by atomic mass is 79.9. The van der Waals surface area contributed by atoms with Crippen molar-refractivity contribution in [2.45, 2.75) is 31.9 Å². The van der Waals surface area contributed by atoms with E-state index in [1.807, 2.05) is 19.1 Å². The molecule has 2 unspecified atom stereocenters. The molecule has 2 heterocycles. The van der Waals surface area contributed by atoms with Crippen LogP contribution in [0.1, 0.15) is 29.0 Å². The monoisotopic (exact) mass is 395 g/mol. The van der Waals surface area contributed by atoms with E-state index in [1.165, 1.54) is 0 Å². The second-order valence-electron chi connectivity index (χ2n) is 6.05. The largest absolute Gasteiger partial charge is 0.481 e. The molecule has 24 heavy (non-hydrogen) atoms. The number of hydrogen-bond acceptors (Lipinski definition) is 4. The number of nitrogens with zero attached hydrogens (tertiary/aromatic N) is 1. The van der Waals surface area contributed by atoms with Gasteiger partial charge < -0.3 is 19.2 Å². The van der Waals surface area contributed by atoms with Crippen molar-refractivity contribution in [3.8, 4) is 0 Å². The Morgan fingerprint density at radius 3 is 2.83 bits per heavy atom. The number of likely N-dealkylation sites (tertiary alicyclic amines) is 1. The molecule has 1 aromatic heterocycles. The van der Waals surface area contributed by atoms with Crippen LogP contribution >= 0.6 is 15.9 Å². The first-order valence-electron chi connectivity index (χ1n) is 7.64. The summed E-state index contributed by atoms with van der Waals surface area (Å²) in [4.78, 5) is 25.5. The summed E-state index contributed by atoms with van der Waals surface area (Å²) in [6.07, 6.45) is 0.258. The summed E-state index contributed by atoms with van der Waals surface area (Å²) in [6.45, 7) is 2.28. The van der Waals surface area contributed by atoms with Gasteiger partial charge >= 0.3 is 5.97 Å². The number of carbonyl (C=O) groups is 2. The summed E-state index contributed by atoms with van der Waals surface area (Å²) in [5, 5.41) is 9.91. The van der Waals surface area contributed by atoms with E-state index in [0.717, 1.165) is 15.4 Å². The Morgan fingerprint density at radius 1 is 1.42 bits per heavy atom. The molecule has 1 fully saturated rings. The molecular formula is C17H18BrNO5. The highest BCUT2D eigenvalue weighted by Gasteiger charge is 2.38. The number of carboxylic acids is 1. The zero-order chi connectivity index (χ0) is 17.4. The molecule has 0 aliphatic carbocycles. The standard InChI is InChI=1S/C17H18BrNO5/c1-9-3-11(18)4-10-5-14(24-16(9)10)17(22)19-8-13(23-2)6-12(19)7-15(20)21/h3-5,12-13H,6-8H2,1-2H3,(H,20,21). The lowest BCUT2D eigenvalue weighted by Crippen LogP contribution is -2.37. The number of methoxy groups -OCH3 is 1. The van der Waals surface area contributed by atoms with E-state index in [4.69, 9.17) is 14.3 Å². The van der Waals surface area contributed by atoms with Crippen molar-refractivity contribution >= 4 is 38.8 Å². The molecule has 2 aromatic rings. The van der Waals surface area contributed by atoms with Gasteiger partial charge in [0.25, 0.3) is 5.91 Å². The maximum atomic E-state index is 12.8. The van der Waals surface area contributed by atoms with Crippen LogP contribution in [0, 0.1) is 6.92 Å². The normalized spacial score (nSPS) is 20.7. The van der Waals surface area contributed by atoms with Crippen molar-refractivity contribution in [3.63, 3.8) is 0 Å². The van der Waals surface area contributed by atoms with Crippen LogP contribution in [0.3, 0.4) is 0 Å². The summed E-state index contributed by atoms with van der Waals surface area (Å²) in [6, 6.07) is 5.12. The van der Waals surface area contributed by atoms with Crippen LogP contribution in [-0.4, -0.2) is 47.7 Å². The molecule has 0 saturated carbocycles. The van der Waals surface area contributed by atoms with E-state index in [2.05, 4.69) is 15.9 Å². The third-order valence-electron chi connectivity index (χ3n) is 4.36. The van der Waals surface area contributed by atoms with Gasteiger partial charge in [0, 0.05) is 29.6 Å². The Hall–Kier alpha value is -1.86. The van der Waals surface area contributed by atoms with Gasteiger partial charge in [-0.3, -0.25) is 9.59 Å². The fourth-order valence-corrected chi connectivity index (χ4v) is 3.81.